The van der Waals surface area contributed by atoms with E-state index in [-0.39, 0.29) is 11.5 Å². The van der Waals surface area contributed by atoms with E-state index in [0.717, 1.165) is 48.1 Å². The molecule has 0 spiro atoms. The molecular weight excluding hydrogens is 416 g/mol. The van der Waals surface area contributed by atoms with Crippen LogP contribution in [0.2, 0.25) is 0 Å². The Bertz CT molecular complexity index is 1400. The van der Waals surface area contributed by atoms with Gasteiger partial charge in [0.05, 0.1) is 18.4 Å². The second-order valence-electron chi connectivity index (χ2n) is 9.51. The van der Waals surface area contributed by atoms with Gasteiger partial charge < -0.3 is 15.3 Å². The van der Waals surface area contributed by atoms with Crippen LogP contribution >= 0.6 is 0 Å². The van der Waals surface area contributed by atoms with E-state index >= 15 is 0 Å². The zero-order chi connectivity index (χ0) is 23.3. The van der Waals surface area contributed by atoms with Crippen molar-refractivity contribution in [3.05, 3.63) is 52.1 Å². The lowest BCUT2D eigenvalue weighted by Gasteiger charge is -2.31. The van der Waals surface area contributed by atoms with Crippen molar-refractivity contribution in [2.45, 2.75) is 38.5 Å². The number of piperidine rings is 1. The largest absolute Gasteiger partial charge is 0.369 e. The van der Waals surface area contributed by atoms with Crippen LogP contribution in [0.3, 0.4) is 0 Å². The first-order valence-electron chi connectivity index (χ1n) is 11.5. The van der Waals surface area contributed by atoms with Crippen LogP contribution in [0.25, 0.3) is 33.1 Å². The molecule has 33 heavy (non-hydrogen) atoms. The number of nitrogens with two attached hydrogens (primary N) is 1. The normalized spacial score (nSPS) is 15.8. The van der Waals surface area contributed by atoms with Gasteiger partial charge in [0, 0.05) is 35.1 Å². The predicted molar refractivity (Wildman–Crippen MR) is 130 cm³/mol. The van der Waals surface area contributed by atoms with E-state index in [4.69, 9.17) is 5.73 Å². The van der Waals surface area contributed by atoms with Gasteiger partial charge >= 0.3 is 0 Å². The Morgan fingerprint density at radius 1 is 1.24 bits per heavy atom. The van der Waals surface area contributed by atoms with E-state index in [0.29, 0.717) is 23.9 Å². The van der Waals surface area contributed by atoms with Crippen molar-refractivity contribution in [3.63, 3.8) is 0 Å². The van der Waals surface area contributed by atoms with E-state index < -0.39 is 0 Å². The molecular formula is C25H30N6O2. The van der Waals surface area contributed by atoms with Crippen molar-refractivity contribution >= 4 is 27.7 Å². The number of nitrogens with one attached hydrogen (secondary N) is 2. The highest BCUT2D eigenvalue weighted by Crippen LogP contribution is 2.39. The molecule has 172 valence electrons. The summed E-state index contributed by atoms with van der Waals surface area (Å²) in [5, 5.41) is 9.04. The van der Waals surface area contributed by atoms with Gasteiger partial charge in [0.1, 0.15) is 5.52 Å². The lowest BCUT2D eigenvalue weighted by Crippen LogP contribution is -2.39. The summed E-state index contributed by atoms with van der Waals surface area (Å²) < 4.78 is 1.61. The number of H-pyrrole nitrogens is 2. The number of amides is 1. The molecule has 1 amide bonds. The fourth-order valence-electron chi connectivity index (χ4n) is 5.29. The Morgan fingerprint density at radius 2 is 2.00 bits per heavy atom. The number of pyridine rings is 1. The van der Waals surface area contributed by atoms with E-state index in [2.05, 4.69) is 52.1 Å². The van der Waals surface area contributed by atoms with Gasteiger partial charge in [-0.2, -0.15) is 5.10 Å². The number of hydrogen-bond donors (Lipinski definition) is 3. The average molecular weight is 447 g/mol. The maximum absolute atomic E-state index is 12.5. The van der Waals surface area contributed by atoms with Gasteiger partial charge in [0.15, 0.2) is 0 Å². The summed E-state index contributed by atoms with van der Waals surface area (Å²) >= 11 is 0. The molecule has 0 saturated carbocycles. The maximum atomic E-state index is 12.5. The number of carbonyl (C=O) groups excluding carboxylic acids is 1. The lowest BCUT2D eigenvalue weighted by atomic mass is 9.87. The molecule has 4 N–H and O–H groups in total. The highest BCUT2D eigenvalue weighted by molar-refractivity contribution is 5.99. The third kappa shape index (κ3) is 3.74. The van der Waals surface area contributed by atoms with Crippen molar-refractivity contribution in [1.29, 1.82) is 0 Å². The monoisotopic (exact) mass is 446 g/mol. The van der Waals surface area contributed by atoms with Crippen LogP contribution in [0, 0.1) is 0 Å². The smallest absolute Gasteiger partial charge is 0.276 e. The predicted octanol–water partition coefficient (Wildman–Crippen LogP) is 3.20. The molecule has 1 fully saturated rings. The van der Waals surface area contributed by atoms with E-state index in [1.54, 1.807) is 17.8 Å². The van der Waals surface area contributed by atoms with Crippen LogP contribution in [0.1, 0.15) is 49.7 Å². The summed E-state index contributed by atoms with van der Waals surface area (Å²) in [5.74, 6) is 0.497. The minimum Gasteiger partial charge on any atom is -0.369 e. The summed E-state index contributed by atoms with van der Waals surface area (Å²) in [4.78, 5) is 29.5. The second kappa shape index (κ2) is 8.19. The Hall–Kier alpha value is -3.39. The lowest BCUT2D eigenvalue weighted by molar-refractivity contribution is -0.119. The summed E-state index contributed by atoms with van der Waals surface area (Å²) in [6, 6.07) is 6.72. The van der Waals surface area contributed by atoms with Gasteiger partial charge in [-0.3, -0.25) is 19.6 Å². The molecule has 1 aromatic carbocycles. The van der Waals surface area contributed by atoms with Gasteiger partial charge in [0.25, 0.3) is 5.56 Å². The zero-order valence-electron chi connectivity index (χ0n) is 19.3. The number of hydrogen-bond acceptors (Lipinski definition) is 4. The van der Waals surface area contributed by atoms with Crippen molar-refractivity contribution in [1.82, 2.24) is 24.6 Å². The van der Waals surface area contributed by atoms with Crippen molar-refractivity contribution < 1.29 is 4.79 Å². The van der Waals surface area contributed by atoms with Crippen molar-refractivity contribution in [3.8, 4) is 11.3 Å². The fraction of sp³-hybridized carbons (Fsp3) is 0.400. The van der Waals surface area contributed by atoms with Crippen molar-refractivity contribution in [2.75, 3.05) is 19.6 Å². The molecule has 8 heteroatoms. The SMILES string of the molecule is CC(C)c1c(-c2cn(C)c(=O)c3[nH]ncc23)[nH]c2ccc(C3CCN(CC(N)=O)CC3)cc12. The number of carbonyl (C=O) groups is 1. The number of primary amides is 1. The average Bonchev–Trinajstić information content (AvgIpc) is 3.41. The summed E-state index contributed by atoms with van der Waals surface area (Å²) in [6.45, 7) is 6.52. The molecule has 4 aromatic rings. The van der Waals surface area contributed by atoms with E-state index in [1.165, 1.54) is 16.5 Å². The van der Waals surface area contributed by atoms with E-state index in [9.17, 15) is 9.59 Å². The van der Waals surface area contributed by atoms with Crippen LogP contribution < -0.4 is 11.3 Å². The number of aromatic amines is 2. The first-order valence-corrected chi connectivity index (χ1v) is 11.5. The highest BCUT2D eigenvalue weighted by atomic mass is 16.1. The molecule has 1 saturated heterocycles. The number of likely N-dealkylation sites (tertiary alicyclic amines) is 1. The van der Waals surface area contributed by atoms with Gasteiger partial charge in [-0.1, -0.05) is 19.9 Å². The molecule has 0 unspecified atom stereocenters. The first-order chi connectivity index (χ1) is 15.8. The quantitative estimate of drug-likeness (QED) is 0.437. The summed E-state index contributed by atoms with van der Waals surface area (Å²) in [7, 11) is 1.77. The molecule has 0 atom stereocenters. The number of aromatic nitrogens is 4. The van der Waals surface area contributed by atoms with Crippen LogP contribution in [0.5, 0.6) is 0 Å². The molecule has 8 nitrogen and oxygen atoms in total. The minimum absolute atomic E-state index is 0.0848. The Morgan fingerprint density at radius 3 is 2.70 bits per heavy atom. The van der Waals surface area contributed by atoms with E-state index in [1.807, 2.05) is 6.20 Å². The Labute approximate surface area is 191 Å². The number of aryl methyl sites for hydroxylation is 1. The van der Waals surface area contributed by atoms with Gasteiger partial charge in [0.2, 0.25) is 5.91 Å². The molecule has 5 rings (SSSR count). The number of nitrogens with zero attached hydrogens (tertiary/aromatic N) is 3. The molecule has 3 aromatic heterocycles. The molecule has 1 aliphatic heterocycles. The number of rotatable bonds is 5. The Balaban J connectivity index is 1.57. The fourth-order valence-corrected chi connectivity index (χ4v) is 5.29. The molecule has 0 aliphatic carbocycles. The molecule has 0 bridgehead atoms. The standard InChI is InChI=1S/C25H30N6O2/c1-14(2)22-17-10-16(15-6-8-31(9-7-15)13-21(26)32)4-5-20(17)28-23(22)19-12-30(3)25(33)24-18(19)11-27-29-24/h4-5,10-12,14-15,28H,6-9,13H2,1-3H3,(H2,26,32)(H,27,29). The second-order valence-corrected chi connectivity index (χ2v) is 9.51. The van der Waals surface area contributed by atoms with Crippen LogP contribution in [0.4, 0.5) is 0 Å². The van der Waals surface area contributed by atoms with Crippen LogP contribution in [-0.2, 0) is 11.8 Å². The summed E-state index contributed by atoms with van der Waals surface area (Å²) in [6.07, 6.45) is 5.66. The molecule has 0 radical (unpaired) electrons. The third-order valence-electron chi connectivity index (χ3n) is 6.93. The number of fused-ring (bicyclic) bond motifs is 2. The van der Waals surface area contributed by atoms with Crippen LogP contribution in [0.15, 0.2) is 35.4 Å². The topological polar surface area (TPSA) is 113 Å². The minimum atomic E-state index is -0.263. The van der Waals surface area contributed by atoms with Crippen LogP contribution in [-0.4, -0.2) is 50.2 Å². The maximum Gasteiger partial charge on any atom is 0.276 e. The van der Waals surface area contributed by atoms with Crippen molar-refractivity contribution in [2.24, 2.45) is 12.8 Å². The van der Waals surface area contributed by atoms with Gasteiger partial charge in [-0.05, 0) is 61.0 Å². The molecule has 4 heterocycles. The highest BCUT2D eigenvalue weighted by Gasteiger charge is 2.24. The molecule has 1 aliphatic rings. The van der Waals surface area contributed by atoms with Gasteiger partial charge in [-0.15, -0.1) is 0 Å². The third-order valence-corrected chi connectivity index (χ3v) is 6.93. The first kappa shape index (κ1) is 21.5. The summed E-state index contributed by atoms with van der Waals surface area (Å²) in [5.41, 5.74) is 11.5. The Kier molecular flexibility index (Phi) is 5.32. The number of benzene rings is 1. The zero-order valence-corrected chi connectivity index (χ0v) is 19.3. The van der Waals surface area contributed by atoms with Gasteiger partial charge in [-0.25, -0.2) is 0 Å².